The Labute approximate surface area is 75.9 Å². The second-order valence-corrected chi connectivity index (χ2v) is 2.71. The van der Waals surface area contributed by atoms with Gasteiger partial charge in [-0.15, -0.1) is 11.3 Å². The van der Waals surface area contributed by atoms with Crippen LogP contribution in [0.5, 0.6) is 0 Å². The van der Waals surface area contributed by atoms with E-state index < -0.39 is 0 Å². The topological polar surface area (TPSA) is 12.9 Å². The zero-order chi connectivity index (χ0) is 6.10. The quantitative estimate of drug-likeness (QED) is 0.595. The van der Waals surface area contributed by atoms with Crippen molar-refractivity contribution in [3.8, 4) is 0 Å². The molecule has 1 aromatic heterocycles. The van der Waals surface area contributed by atoms with Crippen LogP contribution in [0.15, 0.2) is 29.8 Å². The van der Waals surface area contributed by atoms with Crippen LogP contribution in [0.2, 0.25) is 0 Å². The molecular weight excluding hydrogens is 196 g/mol. The maximum absolute atomic E-state index is 4.14. The zero-order valence-electron chi connectivity index (χ0n) is 5.45. The largest absolute Gasteiger partial charge is 0.245 e. The van der Waals surface area contributed by atoms with Crippen molar-refractivity contribution in [1.29, 1.82) is 0 Å². The molecule has 0 aliphatic rings. The van der Waals surface area contributed by atoms with Gasteiger partial charge in [0.05, 0.1) is 15.7 Å². The summed E-state index contributed by atoms with van der Waals surface area (Å²) in [6, 6.07) is 8.13. The van der Waals surface area contributed by atoms with E-state index in [1.54, 1.807) is 11.3 Å². The monoisotopic (exact) mass is 199 g/mol. The summed E-state index contributed by atoms with van der Waals surface area (Å²) in [5.74, 6) is 0. The molecular formula is C7H5NSZn. The molecule has 0 fully saturated rings. The second kappa shape index (κ2) is 3.22. The molecule has 3 heteroatoms. The van der Waals surface area contributed by atoms with Crippen LogP contribution < -0.4 is 0 Å². The fourth-order valence-corrected chi connectivity index (χ4v) is 1.48. The first kappa shape index (κ1) is 7.84. The Morgan fingerprint density at radius 1 is 1.20 bits per heavy atom. The summed E-state index contributed by atoms with van der Waals surface area (Å²) in [6.07, 6.45) is 0. The van der Waals surface area contributed by atoms with Crippen LogP contribution in [-0.2, 0) is 19.5 Å². The van der Waals surface area contributed by atoms with Gasteiger partial charge in [-0.2, -0.15) is 0 Å². The Bertz CT molecular complexity index is 288. The molecule has 10 heavy (non-hydrogen) atoms. The van der Waals surface area contributed by atoms with Crippen LogP contribution in [0.4, 0.5) is 0 Å². The molecule has 0 bridgehead atoms. The molecule has 0 amide bonds. The molecule has 0 saturated carbocycles. The van der Waals surface area contributed by atoms with E-state index in [1.807, 2.05) is 23.7 Å². The molecule has 0 aliphatic heterocycles. The third-order valence-electron chi connectivity index (χ3n) is 1.24. The fourth-order valence-electron chi connectivity index (χ4n) is 0.803. The average Bonchev–Trinajstić information content (AvgIpc) is 2.33. The van der Waals surface area contributed by atoms with E-state index >= 15 is 0 Å². The first-order valence-electron chi connectivity index (χ1n) is 2.75. The maximum Gasteiger partial charge on any atom is 0.0812 e. The van der Waals surface area contributed by atoms with Gasteiger partial charge in [-0.3, -0.25) is 0 Å². The normalized spacial score (nSPS) is 9.20. The van der Waals surface area contributed by atoms with Crippen LogP contribution >= 0.6 is 11.3 Å². The zero-order valence-corrected chi connectivity index (χ0v) is 9.23. The molecule has 0 N–H and O–H groups in total. The van der Waals surface area contributed by atoms with Gasteiger partial charge in [-0.25, -0.2) is 4.98 Å². The molecule has 0 saturated heterocycles. The van der Waals surface area contributed by atoms with Gasteiger partial charge in [0.2, 0.25) is 0 Å². The van der Waals surface area contributed by atoms with Crippen molar-refractivity contribution < 1.29 is 19.5 Å². The smallest absolute Gasteiger partial charge is 0.0812 e. The predicted octanol–water partition coefficient (Wildman–Crippen LogP) is 2.29. The molecule has 0 aliphatic carbocycles. The molecule has 46 valence electrons. The maximum atomic E-state index is 4.14. The number of hydrogen-bond acceptors (Lipinski definition) is 2. The summed E-state index contributed by atoms with van der Waals surface area (Å²) < 4.78 is 1.26. The molecule has 2 aromatic rings. The van der Waals surface area contributed by atoms with Gasteiger partial charge in [-0.1, -0.05) is 12.1 Å². The predicted molar refractivity (Wildman–Crippen MR) is 39.6 cm³/mol. The summed E-state index contributed by atoms with van der Waals surface area (Å²) in [6.45, 7) is 0. The number of benzene rings is 1. The van der Waals surface area contributed by atoms with E-state index in [0.29, 0.717) is 0 Å². The van der Waals surface area contributed by atoms with Crippen LogP contribution in [-0.4, -0.2) is 4.98 Å². The number of fused-ring (bicyclic) bond motifs is 1. The van der Waals surface area contributed by atoms with E-state index in [0.717, 1.165) is 5.52 Å². The van der Waals surface area contributed by atoms with Crippen LogP contribution in [0.1, 0.15) is 0 Å². The van der Waals surface area contributed by atoms with Gasteiger partial charge in [-0.05, 0) is 12.1 Å². The van der Waals surface area contributed by atoms with E-state index in [4.69, 9.17) is 0 Å². The molecule has 1 heterocycles. The van der Waals surface area contributed by atoms with Crippen molar-refractivity contribution in [3.05, 3.63) is 29.8 Å². The Balaban J connectivity index is 0.000000500. The summed E-state index contributed by atoms with van der Waals surface area (Å²) in [5, 5.41) is 0. The van der Waals surface area contributed by atoms with Crippen LogP contribution in [0.25, 0.3) is 10.2 Å². The Morgan fingerprint density at radius 2 is 2.00 bits per heavy atom. The number of nitrogens with zero attached hydrogens (tertiary/aromatic N) is 1. The number of hydrogen-bond donors (Lipinski definition) is 0. The van der Waals surface area contributed by atoms with Crippen molar-refractivity contribution in [2.75, 3.05) is 0 Å². The minimum absolute atomic E-state index is 0. The summed E-state index contributed by atoms with van der Waals surface area (Å²) in [7, 11) is 0. The molecule has 0 unspecified atom stereocenters. The van der Waals surface area contributed by atoms with E-state index in [2.05, 4.69) is 11.1 Å². The van der Waals surface area contributed by atoms with Crippen molar-refractivity contribution in [2.45, 2.75) is 0 Å². The van der Waals surface area contributed by atoms with Gasteiger partial charge < -0.3 is 0 Å². The first-order valence-corrected chi connectivity index (χ1v) is 3.63. The minimum atomic E-state index is 0. The van der Waals surface area contributed by atoms with E-state index in [9.17, 15) is 0 Å². The van der Waals surface area contributed by atoms with Crippen molar-refractivity contribution in [2.24, 2.45) is 0 Å². The summed E-state index contributed by atoms with van der Waals surface area (Å²) >= 11 is 1.68. The van der Waals surface area contributed by atoms with Crippen molar-refractivity contribution in [1.82, 2.24) is 4.98 Å². The SMILES string of the molecule is [Zn].c1ccc2scnc2c1. The average molecular weight is 201 g/mol. The van der Waals surface area contributed by atoms with Gasteiger partial charge in [0.15, 0.2) is 0 Å². The molecule has 1 aromatic carbocycles. The number of rotatable bonds is 0. The Kier molecular flexibility index (Phi) is 2.52. The second-order valence-electron chi connectivity index (χ2n) is 1.82. The Morgan fingerprint density at radius 3 is 2.80 bits per heavy atom. The first-order chi connectivity index (χ1) is 4.47. The van der Waals surface area contributed by atoms with Gasteiger partial charge in [0, 0.05) is 19.5 Å². The van der Waals surface area contributed by atoms with Crippen molar-refractivity contribution in [3.63, 3.8) is 0 Å². The standard InChI is InChI=1S/C7H5NS.Zn/c1-2-4-7-6(3-1)8-5-9-7;/h1-5H;. The number of thiazole rings is 1. The van der Waals surface area contributed by atoms with Crippen molar-refractivity contribution >= 4 is 21.6 Å². The van der Waals surface area contributed by atoms with Crippen LogP contribution in [0.3, 0.4) is 0 Å². The molecule has 0 atom stereocenters. The third-order valence-corrected chi connectivity index (χ3v) is 2.05. The van der Waals surface area contributed by atoms with Gasteiger partial charge in [0.1, 0.15) is 0 Å². The summed E-state index contributed by atoms with van der Waals surface area (Å²) in [5.41, 5.74) is 2.97. The number of para-hydroxylation sites is 1. The van der Waals surface area contributed by atoms with E-state index in [1.165, 1.54) is 4.70 Å². The summed E-state index contributed by atoms with van der Waals surface area (Å²) in [4.78, 5) is 4.14. The fraction of sp³-hybridized carbons (Fsp3) is 0. The van der Waals surface area contributed by atoms with Gasteiger partial charge in [0.25, 0.3) is 0 Å². The molecule has 1 nitrogen and oxygen atoms in total. The number of aromatic nitrogens is 1. The molecule has 0 radical (unpaired) electrons. The van der Waals surface area contributed by atoms with Gasteiger partial charge >= 0.3 is 0 Å². The van der Waals surface area contributed by atoms with Crippen LogP contribution in [0, 0.1) is 0 Å². The molecule has 0 spiro atoms. The molecule has 2 rings (SSSR count). The van der Waals surface area contributed by atoms with E-state index in [-0.39, 0.29) is 19.5 Å². The minimum Gasteiger partial charge on any atom is -0.245 e. The third kappa shape index (κ3) is 1.25. The Hall–Kier alpha value is -0.267.